The van der Waals surface area contributed by atoms with Crippen molar-refractivity contribution in [2.75, 3.05) is 40.2 Å². The van der Waals surface area contributed by atoms with E-state index in [-0.39, 0.29) is 0 Å². The lowest BCUT2D eigenvalue weighted by Crippen LogP contribution is -2.42. The second-order valence-corrected chi connectivity index (χ2v) is 8.80. The second kappa shape index (κ2) is 13.5. The Morgan fingerprint density at radius 2 is 1.35 bits per heavy atom. The minimum Gasteiger partial charge on any atom is -0.385 e. The van der Waals surface area contributed by atoms with Crippen molar-refractivity contribution in [3.8, 4) is 0 Å². The van der Waals surface area contributed by atoms with Gasteiger partial charge in [0.1, 0.15) is 0 Å². The second-order valence-electron chi connectivity index (χ2n) is 5.71. The normalized spacial score (nSPS) is 10.8. The molecule has 2 aromatic rings. The smallest absolute Gasteiger partial charge is 0.385 e. The first kappa shape index (κ1) is 22.3. The summed E-state index contributed by atoms with van der Waals surface area (Å²) >= 11 is 0. The third kappa shape index (κ3) is 8.60. The molecule has 0 heterocycles. The molecule has 0 atom stereocenters. The topological polar surface area (TPSA) is 51.8 Å². The molecule has 0 bridgehead atoms. The Kier molecular flexibility index (Phi) is 11.6. The molecule has 144 valence electrons. The van der Waals surface area contributed by atoms with E-state index in [0.29, 0.717) is 0 Å². The molecule has 0 aliphatic carbocycles. The van der Waals surface area contributed by atoms with E-state index < -0.39 is 8.80 Å². The average Bonchev–Trinajstić information content (AvgIpc) is 2.71. The average molecular weight is 377 g/mol. The lowest BCUT2D eigenvalue weighted by atomic mass is 10.2. The molecule has 0 saturated heterocycles. The van der Waals surface area contributed by atoms with Gasteiger partial charge in [0.2, 0.25) is 0 Å². The molecule has 0 saturated carbocycles. The van der Waals surface area contributed by atoms with Gasteiger partial charge in [-0.1, -0.05) is 48.5 Å². The first-order valence-corrected chi connectivity index (χ1v) is 10.8. The molecule has 0 radical (unpaired) electrons. The van der Waals surface area contributed by atoms with Crippen molar-refractivity contribution in [2.45, 2.75) is 19.0 Å². The highest BCUT2D eigenvalue weighted by molar-refractivity contribution is 6.60. The summed E-state index contributed by atoms with van der Waals surface area (Å²) in [7, 11) is 4.48. The SMILES string of the molecule is CNCc1ccccc1.CO[Si](CCCNc1ccccc1)(OC)OC. The monoisotopic (exact) mass is 376 g/mol. The Morgan fingerprint density at radius 1 is 0.808 bits per heavy atom. The molecule has 0 unspecified atom stereocenters. The fourth-order valence-electron chi connectivity index (χ4n) is 2.45. The number of rotatable bonds is 10. The van der Waals surface area contributed by atoms with Crippen molar-refractivity contribution < 1.29 is 13.3 Å². The lowest BCUT2D eigenvalue weighted by molar-refractivity contribution is 0.123. The Labute approximate surface area is 159 Å². The van der Waals surface area contributed by atoms with E-state index in [1.54, 1.807) is 21.3 Å². The molecule has 0 aliphatic rings. The number of nitrogens with one attached hydrogen (secondary N) is 2. The highest BCUT2D eigenvalue weighted by Gasteiger charge is 2.36. The molecule has 5 nitrogen and oxygen atoms in total. The Morgan fingerprint density at radius 3 is 1.85 bits per heavy atom. The summed E-state index contributed by atoms with van der Waals surface area (Å²) in [6, 6.07) is 21.3. The quantitative estimate of drug-likeness (QED) is 0.488. The van der Waals surface area contributed by atoms with Crippen molar-refractivity contribution in [2.24, 2.45) is 0 Å². The minimum atomic E-state index is -2.40. The number of para-hydroxylation sites is 1. The molecule has 0 aliphatic heterocycles. The van der Waals surface area contributed by atoms with E-state index >= 15 is 0 Å². The first-order chi connectivity index (χ1) is 12.7. The van der Waals surface area contributed by atoms with E-state index in [1.165, 1.54) is 5.56 Å². The van der Waals surface area contributed by atoms with E-state index in [2.05, 4.69) is 22.8 Å². The van der Waals surface area contributed by atoms with E-state index in [0.717, 1.165) is 31.2 Å². The minimum absolute atomic E-state index is 0.816. The highest BCUT2D eigenvalue weighted by Crippen LogP contribution is 2.15. The van der Waals surface area contributed by atoms with Gasteiger partial charge in [-0.2, -0.15) is 0 Å². The summed E-state index contributed by atoms with van der Waals surface area (Å²) in [5.74, 6) is 0. The lowest BCUT2D eigenvalue weighted by Gasteiger charge is -2.24. The van der Waals surface area contributed by atoms with Gasteiger partial charge in [0.25, 0.3) is 0 Å². The number of benzene rings is 2. The number of hydrogen-bond donors (Lipinski definition) is 2. The van der Waals surface area contributed by atoms with Crippen LogP contribution >= 0.6 is 0 Å². The molecule has 26 heavy (non-hydrogen) atoms. The van der Waals surface area contributed by atoms with E-state index in [1.807, 2.05) is 55.6 Å². The van der Waals surface area contributed by atoms with Crippen LogP contribution in [0.2, 0.25) is 6.04 Å². The summed E-state index contributed by atoms with van der Waals surface area (Å²) in [5.41, 5.74) is 2.46. The molecule has 0 amide bonds. The molecule has 2 aromatic carbocycles. The third-order valence-electron chi connectivity index (χ3n) is 3.92. The maximum atomic E-state index is 5.36. The van der Waals surface area contributed by atoms with Crippen LogP contribution < -0.4 is 10.6 Å². The highest BCUT2D eigenvalue weighted by atomic mass is 28.4. The van der Waals surface area contributed by atoms with Crippen molar-refractivity contribution in [1.29, 1.82) is 0 Å². The number of hydrogen-bond acceptors (Lipinski definition) is 5. The molecular weight excluding hydrogens is 344 g/mol. The predicted octanol–water partition coefficient (Wildman–Crippen LogP) is 3.77. The van der Waals surface area contributed by atoms with Gasteiger partial charge >= 0.3 is 8.80 Å². The van der Waals surface area contributed by atoms with Crippen LogP contribution in [-0.4, -0.2) is 43.7 Å². The Balaban J connectivity index is 0.000000314. The Bertz CT molecular complexity index is 558. The molecular formula is C20H32N2O3Si. The van der Waals surface area contributed by atoms with E-state index in [9.17, 15) is 0 Å². The van der Waals surface area contributed by atoms with Crippen LogP contribution in [0, 0.1) is 0 Å². The molecule has 0 spiro atoms. The zero-order valence-electron chi connectivity index (χ0n) is 16.3. The van der Waals surface area contributed by atoms with Crippen LogP contribution in [-0.2, 0) is 19.8 Å². The molecule has 6 heteroatoms. The van der Waals surface area contributed by atoms with Gasteiger partial charge in [-0.25, -0.2) is 0 Å². The fourth-order valence-corrected chi connectivity index (χ4v) is 4.17. The Hall–Kier alpha value is -1.70. The van der Waals surface area contributed by atoms with Crippen LogP contribution in [0.4, 0.5) is 5.69 Å². The van der Waals surface area contributed by atoms with Gasteiger partial charge in [-0.3, -0.25) is 0 Å². The zero-order chi connectivity index (χ0) is 19.1. The van der Waals surface area contributed by atoms with Crippen LogP contribution in [0.25, 0.3) is 0 Å². The van der Waals surface area contributed by atoms with Gasteiger partial charge in [-0.15, -0.1) is 0 Å². The summed E-state index contributed by atoms with van der Waals surface area (Å²) in [5, 5.41) is 6.43. The summed E-state index contributed by atoms with van der Waals surface area (Å²) in [4.78, 5) is 0. The number of anilines is 1. The van der Waals surface area contributed by atoms with Crippen LogP contribution in [0.3, 0.4) is 0 Å². The van der Waals surface area contributed by atoms with Crippen molar-refractivity contribution >= 4 is 14.5 Å². The maximum absolute atomic E-state index is 5.36. The standard InChI is InChI=1S/C12H21NO3Si.C8H11N/c1-14-17(15-2,16-3)11-7-10-13-12-8-5-4-6-9-12;1-9-7-8-5-3-2-4-6-8/h4-6,8-9,13H,7,10-11H2,1-3H3;2-6,9H,7H2,1H3. The largest absolute Gasteiger partial charge is 0.500 e. The van der Waals surface area contributed by atoms with Crippen LogP contribution in [0.1, 0.15) is 12.0 Å². The van der Waals surface area contributed by atoms with Gasteiger partial charge < -0.3 is 23.9 Å². The van der Waals surface area contributed by atoms with E-state index in [4.69, 9.17) is 13.3 Å². The van der Waals surface area contributed by atoms with Gasteiger partial charge in [0, 0.05) is 46.2 Å². The third-order valence-corrected chi connectivity index (χ3v) is 6.75. The molecule has 2 N–H and O–H groups in total. The summed E-state index contributed by atoms with van der Waals surface area (Å²) < 4.78 is 16.1. The van der Waals surface area contributed by atoms with Crippen LogP contribution in [0.5, 0.6) is 0 Å². The predicted molar refractivity (Wildman–Crippen MR) is 110 cm³/mol. The van der Waals surface area contributed by atoms with Gasteiger partial charge in [0.05, 0.1) is 0 Å². The van der Waals surface area contributed by atoms with Gasteiger partial charge in [-0.05, 0) is 31.2 Å². The van der Waals surface area contributed by atoms with Crippen molar-refractivity contribution in [3.05, 3.63) is 66.2 Å². The zero-order valence-corrected chi connectivity index (χ0v) is 17.3. The first-order valence-electron chi connectivity index (χ1n) is 8.82. The summed E-state index contributed by atoms with van der Waals surface area (Å²) in [6.45, 7) is 1.84. The van der Waals surface area contributed by atoms with Crippen molar-refractivity contribution in [3.63, 3.8) is 0 Å². The van der Waals surface area contributed by atoms with Gasteiger partial charge in [0.15, 0.2) is 0 Å². The molecule has 2 rings (SSSR count). The summed E-state index contributed by atoms with van der Waals surface area (Å²) in [6.07, 6.45) is 0.955. The van der Waals surface area contributed by atoms with Crippen LogP contribution in [0.15, 0.2) is 60.7 Å². The van der Waals surface area contributed by atoms with Crippen molar-refractivity contribution in [1.82, 2.24) is 5.32 Å². The molecule has 0 aromatic heterocycles. The fraction of sp³-hybridized carbons (Fsp3) is 0.400. The molecule has 0 fully saturated rings. The maximum Gasteiger partial charge on any atom is 0.500 e.